The number of aromatic nitrogens is 3. The average Bonchev–Trinajstić information content (AvgIpc) is 2.92. The van der Waals surface area contributed by atoms with Crippen molar-refractivity contribution in [2.45, 2.75) is 0 Å². The first-order valence-corrected chi connectivity index (χ1v) is 5.86. The van der Waals surface area contributed by atoms with Crippen molar-refractivity contribution in [1.29, 1.82) is 0 Å². The van der Waals surface area contributed by atoms with Gasteiger partial charge in [-0.1, -0.05) is 22.8 Å². The molecule has 0 bridgehead atoms. The molecule has 0 saturated heterocycles. The average molecular weight is 274 g/mol. The van der Waals surface area contributed by atoms with Crippen LogP contribution in [-0.2, 0) is 0 Å². The molecule has 19 heavy (non-hydrogen) atoms. The van der Waals surface area contributed by atoms with Gasteiger partial charge in [0.1, 0.15) is 11.4 Å². The fourth-order valence-electron chi connectivity index (χ4n) is 1.61. The molecule has 0 radical (unpaired) electrons. The zero-order chi connectivity index (χ0) is 13.2. The number of rotatable bonds is 2. The molecule has 3 aromatic rings. The molecular formula is C13H8ClN3O2. The molecule has 2 aromatic heterocycles. The number of hydrogen-bond donors (Lipinski definition) is 1. The van der Waals surface area contributed by atoms with E-state index < -0.39 is 0 Å². The van der Waals surface area contributed by atoms with Gasteiger partial charge in [-0.25, -0.2) is 0 Å². The number of phenols is 1. The molecule has 1 aromatic carbocycles. The van der Waals surface area contributed by atoms with E-state index in [1.165, 1.54) is 6.07 Å². The molecule has 0 amide bonds. The molecule has 0 aliphatic heterocycles. The molecule has 3 rings (SSSR count). The number of nitrogens with zero attached hydrogens (tertiary/aromatic N) is 3. The van der Waals surface area contributed by atoms with Crippen LogP contribution in [0, 0.1) is 0 Å². The Morgan fingerprint density at radius 1 is 1.16 bits per heavy atom. The molecule has 1 N–H and O–H groups in total. The van der Waals surface area contributed by atoms with Crippen LogP contribution in [0.15, 0.2) is 47.1 Å². The first kappa shape index (κ1) is 11.7. The van der Waals surface area contributed by atoms with Gasteiger partial charge in [0.25, 0.3) is 5.89 Å². The molecule has 0 aliphatic rings. The highest BCUT2D eigenvalue weighted by Gasteiger charge is 2.14. The van der Waals surface area contributed by atoms with Crippen molar-refractivity contribution in [3.63, 3.8) is 0 Å². The van der Waals surface area contributed by atoms with Gasteiger partial charge in [-0.05, 0) is 30.3 Å². The van der Waals surface area contributed by atoms with Gasteiger partial charge >= 0.3 is 0 Å². The lowest BCUT2D eigenvalue weighted by molar-refractivity contribution is 0.425. The van der Waals surface area contributed by atoms with E-state index in [0.717, 1.165) is 0 Å². The predicted octanol–water partition coefficient (Wildman–Crippen LogP) is 3.16. The molecule has 0 saturated carbocycles. The summed E-state index contributed by atoms with van der Waals surface area (Å²) in [5.41, 5.74) is 0.987. The number of aromatic hydroxyl groups is 1. The van der Waals surface area contributed by atoms with E-state index in [-0.39, 0.29) is 11.6 Å². The highest BCUT2D eigenvalue weighted by atomic mass is 35.5. The maximum atomic E-state index is 9.77. The second kappa shape index (κ2) is 4.70. The van der Waals surface area contributed by atoms with E-state index in [4.69, 9.17) is 16.1 Å². The standard InChI is InChI=1S/C13H8ClN3O2/c14-8-4-5-11(18)9(7-8)13-16-12(17-19-13)10-3-1-2-6-15-10/h1-7,18H. The summed E-state index contributed by atoms with van der Waals surface area (Å²) in [5, 5.41) is 14.1. The van der Waals surface area contributed by atoms with Gasteiger partial charge in [0.05, 0.1) is 5.56 Å². The quantitative estimate of drug-likeness (QED) is 0.776. The van der Waals surface area contributed by atoms with E-state index in [9.17, 15) is 5.11 Å². The van der Waals surface area contributed by atoms with Crippen LogP contribution in [0.3, 0.4) is 0 Å². The van der Waals surface area contributed by atoms with Crippen LogP contribution in [0.2, 0.25) is 5.02 Å². The fourth-order valence-corrected chi connectivity index (χ4v) is 1.78. The Hall–Kier alpha value is -2.40. The Morgan fingerprint density at radius 3 is 2.84 bits per heavy atom. The van der Waals surface area contributed by atoms with Gasteiger partial charge in [0, 0.05) is 11.2 Å². The maximum Gasteiger partial charge on any atom is 0.262 e. The summed E-state index contributed by atoms with van der Waals surface area (Å²) in [6.07, 6.45) is 1.64. The third kappa shape index (κ3) is 2.28. The van der Waals surface area contributed by atoms with Gasteiger partial charge < -0.3 is 9.63 Å². The van der Waals surface area contributed by atoms with Crippen molar-refractivity contribution >= 4 is 11.6 Å². The second-order valence-corrected chi connectivity index (χ2v) is 4.24. The van der Waals surface area contributed by atoms with Crippen molar-refractivity contribution in [3.05, 3.63) is 47.6 Å². The molecule has 0 aliphatic carbocycles. The number of phenolic OH excluding ortho intramolecular Hbond substituents is 1. The summed E-state index contributed by atoms with van der Waals surface area (Å²) in [5.74, 6) is 0.580. The van der Waals surface area contributed by atoms with E-state index in [1.807, 2.05) is 6.07 Å². The van der Waals surface area contributed by atoms with Crippen molar-refractivity contribution in [2.24, 2.45) is 0 Å². The summed E-state index contributed by atoms with van der Waals surface area (Å²) in [6, 6.07) is 10.0. The van der Waals surface area contributed by atoms with E-state index in [1.54, 1.807) is 30.5 Å². The summed E-state index contributed by atoms with van der Waals surface area (Å²) >= 11 is 5.88. The minimum Gasteiger partial charge on any atom is -0.507 e. The summed E-state index contributed by atoms with van der Waals surface area (Å²) in [4.78, 5) is 8.32. The van der Waals surface area contributed by atoms with E-state index in [2.05, 4.69) is 15.1 Å². The Balaban J connectivity index is 2.04. The lowest BCUT2D eigenvalue weighted by Crippen LogP contribution is -1.84. The molecule has 0 spiro atoms. The van der Waals surface area contributed by atoms with Crippen molar-refractivity contribution in [2.75, 3.05) is 0 Å². The topological polar surface area (TPSA) is 72.0 Å². The highest BCUT2D eigenvalue weighted by Crippen LogP contribution is 2.31. The van der Waals surface area contributed by atoms with Crippen molar-refractivity contribution in [3.8, 4) is 28.7 Å². The van der Waals surface area contributed by atoms with Gasteiger partial charge in [-0.15, -0.1) is 0 Å². The third-order valence-electron chi connectivity index (χ3n) is 2.51. The van der Waals surface area contributed by atoms with Crippen LogP contribution in [0.5, 0.6) is 5.75 Å². The van der Waals surface area contributed by atoms with Gasteiger partial charge in [0.2, 0.25) is 5.82 Å². The molecule has 5 nitrogen and oxygen atoms in total. The number of benzene rings is 1. The van der Waals surface area contributed by atoms with E-state index >= 15 is 0 Å². The molecule has 94 valence electrons. The fraction of sp³-hybridized carbons (Fsp3) is 0. The lowest BCUT2D eigenvalue weighted by atomic mass is 10.2. The SMILES string of the molecule is Oc1ccc(Cl)cc1-c1nc(-c2ccccn2)no1. The largest absolute Gasteiger partial charge is 0.507 e. The molecule has 6 heteroatoms. The van der Waals surface area contributed by atoms with Crippen LogP contribution < -0.4 is 0 Å². The minimum atomic E-state index is 0.0284. The first-order valence-electron chi connectivity index (χ1n) is 5.48. The Morgan fingerprint density at radius 2 is 2.05 bits per heavy atom. The predicted molar refractivity (Wildman–Crippen MR) is 69.6 cm³/mol. The molecule has 0 unspecified atom stereocenters. The maximum absolute atomic E-state index is 9.77. The third-order valence-corrected chi connectivity index (χ3v) is 2.74. The highest BCUT2D eigenvalue weighted by molar-refractivity contribution is 6.30. The van der Waals surface area contributed by atoms with Crippen molar-refractivity contribution in [1.82, 2.24) is 15.1 Å². The molecular weight excluding hydrogens is 266 g/mol. The van der Waals surface area contributed by atoms with Gasteiger partial charge in [-0.3, -0.25) is 4.98 Å². The Bertz CT molecular complexity index is 713. The molecule has 0 fully saturated rings. The van der Waals surface area contributed by atoms with Crippen LogP contribution in [0.25, 0.3) is 23.0 Å². The first-order chi connectivity index (χ1) is 9.24. The van der Waals surface area contributed by atoms with Gasteiger partial charge in [0.15, 0.2) is 0 Å². The minimum absolute atomic E-state index is 0.0284. The van der Waals surface area contributed by atoms with Crippen LogP contribution in [0.1, 0.15) is 0 Å². The van der Waals surface area contributed by atoms with Gasteiger partial charge in [-0.2, -0.15) is 4.98 Å². The Kier molecular flexibility index (Phi) is 2.89. The summed E-state index contributed by atoms with van der Waals surface area (Å²) < 4.78 is 5.12. The summed E-state index contributed by atoms with van der Waals surface area (Å²) in [7, 11) is 0. The van der Waals surface area contributed by atoms with Crippen LogP contribution in [-0.4, -0.2) is 20.2 Å². The lowest BCUT2D eigenvalue weighted by Gasteiger charge is -1.98. The van der Waals surface area contributed by atoms with Crippen LogP contribution in [0.4, 0.5) is 0 Å². The number of hydrogen-bond acceptors (Lipinski definition) is 5. The second-order valence-electron chi connectivity index (χ2n) is 3.80. The number of pyridine rings is 1. The van der Waals surface area contributed by atoms with Crippen LogP contribution >= 0.6 is 11.6 Å². The molecule has 2 heterocycles. The summed E-state index contributed by atoms with van der Waals surface area (Å²) in [6.45, 7) is 0. The zero-order valence-corrected chi connectivity index (χ0v) is 10.4. The smallest absolute Gasteiger partial charge is 0.262 e. The monoisotopic (exact) mass is 273 g/mol. The normalized spacial score (nSPS) is 10.6. The zero-order valence-electron chi connectivity index (χ0n) is 9.62. The van der Waals surface area contributed by atoms with E-state index in [0.29, 0.717) is 22.1 Å². The van der Waals surface area contributed by atoms with Crippen molar-refractivity contribution < 1.29 is 9.63 Å². The number of halogens is 1. The molecule has 0 atom stereocenters. The Labute approximate surface area is 113 Å².